The number of para-hydroxylation sites is 1. The Balaban J connectivity index is 2.24. The summed E-state index contributed by atoms with van der Waals surface area (Å²) < 4.78 is 32.2. The van der Waals surface area contributed by atoms with Crippen LogP contribution in [0.15, 0.2) is 64.5 Å². The van der Waals surface area contributed by atoms with Crippen LogP contribution in [0.2, 0.25) is 0 Å². The summed E-state index contributed by atoms with van der Waals surface area (Å²) in [7, 11) is -4.43. The number of nitrogens with zero attached hydrogens (tertiary/aromatic N) is 1. The Bertz CT molecular complexity index is 1060. The van der Waals surface area contributed by atoms with Gasteiger partial charge in [0.2, 0.25) is 0 Å². The standard InChI is InChI=1S/C17H13NO5S/c19-15-6-2-1-4-12(15)10-18-14-9-13(24(21,22)23)8-11-5-3-7-16(20)17(11)14/h1-10,19-20H,(H,21,22,23)/b18-10+. The molecule has 0 spiro atoms. The van der Waals surface area contributed by atoms with E-state index in [-0.39, 0.29) is 22.1 Å². The van der Waals surface area contributed by atoms with Crippen LogP contribution in [0.1, 0.15) is 5.56 Å². The van der Waals surface area contributed by atoms with Gasteiger partial charge in [0, 0.05) is 17.2 Å². The fourth-order valence-electron chi connectivity index (χ4n) is 2.35. The third-order valence-corrected chi connectivity index (χ3v) is 4.32. The minimum Gasteiger partial charge on any atom is -0.507 e. The van der Waals surface area contributed by atoms with Crippen molar-refractivity contribution in [2.24, 2.45) is 4.99 Å². The third kappa shape index (κ3) is 3.08. The van der Waals surface area contributed by atoms with Crippen molar-refractivity contribution in [3.63, 3.8) is 0 Å². The van der Waals surface area contributed by atoms with E-state index in [4.69, 9.17) is 0 Å². The van der Waals surface area contributed by atoms with Crippen molar-refractivity contribution < 1.29 is 23.2 Å². The molecule has 0 saturated carbocycles. The summed E-state index contributed by atoms with van der Waals surface area (Å²) in [5.74, 6) is -0.0560. The van der Waals surface area contributed by atoms with Crippen molar-refractivity contribution in [1.29, 1.82) is 0 Å². The topological polar surface area (TPSA) is 107 Å². The van der Waals surface area contributed by atoms with E-state index < -0.39 is 10.1 Å². The van der Waals surface area contributed by atoms with Gasteiger partial charge in [-0.1, -0.05) is 24.3 Å². The SMILES string of the molecule is O=S(=O)(O)c1cc(/N=C/c2ccccc2O)c2c(O)cccc2c1. The molecule has 3 aromatic carbocycles. The maximum atomic E-state index is 11.4. The van der Waals surface area contributed by atoms with Gasteiger partial charge in [-0.15, -0.1) is 0 Å². The van der Waals surface area contributed by atoms with Crippen LogP contribution >= 0.6 is 0 Å². The Morgan fingerprint density at radius 2 is 1.62 bits per heavy atom. The highest BCUT2D eigenvalue weighted by Crippen LogP contribution is 2.36. The van der Waals surface area contributed by atoms with Crippen LogP contribution in [0.25, 0.3) is 10.8 Å². The molecule has 0 atom stereocenters. The van der Waals surface area contributed by atoms with Crippen LogP contribution in [0, 0.1) is 0 Å². The smallest absolute Gasteiger partial charge is 0.294 e. The second-order valence-corrected chi connectivity index (χ2v) is 6.53. The first-order valence-corrected chi connectivity index (χ1v) is 8.35. The van der Waals surface area contributed by atoms with Crippen LogP contribution in [0.4, 0.5) is 5.69 Å². The van der Waals surface area contributed by atoms with Crippen LogP contribution in [0.3, 0.4) is 0 Å². The lowest BCUT2D eigenvalue weighted by Gasteiger charge is -2.07. The molecule has 0 fully saturated rings. The predicted molar refractivity (Wildman–Crippen MR) is 90.8 cm³/mol. The maximum absolute atomic E-state index is 11.4. The summed E-state index contributed by atoms with van der Waals surface area (Å²) in [6, 6.07) is 13.5. The highest BCUT2D eigenvalue weighted by atomic mass is 32.2. The molecule has 0 heterocycles. The lowest BCUT2D eigenvalue weighted by atomic mass is 10.1. The van der Waals surface area contributed by atoms with Gasteiger partial charge in [-0.2, -0.15) is 8.42 Å². The van der Waals surface area contributed by atoms with Crippen molar-refractivity contribution in [1.82, 2.24) is 0 Å². The number of phenols is 2. The van der Waals surface area contributed by atoms with E-state index in [0.717, 1.165) is 6.07 Å². The molecule has 0 saturated heterocycles. The largest absolute Gasteiger partial charge is 0.507 e. The van der Waals surface area contributed by atoms with Gasteiger partial charge >= 0.3 is 0 Å². The van der Waals surface area contributed by atoms with Gasteiger partial charge in [-0.25, -0.2) is 0 Å². The summed E-state index contributed by atoms with van der Waals surface area (Å²) in [5, 5.41) is 20.6. The quantitative estimate of drug-likeness (QED) is 0.500. The molecule has 3 aromatic rings. The van der Waals surface area contributed by atoms with E-state index >= 15 is 0 Å². The molecular formula is C17H13NO5S. The molecule has 0 aliphatic carbocycles. The second kappa shape index (κ2) is 5.95. The highest BCUT2D eigenvalue weighted by Gasteiger charge is 2.15. The number of fused-ring (bicyclic) bond motifs is 1. The molecule has 0 aliphatic heterocycles. The van der Waals surface area contributed by atoms with Crippen molar-refractivity contribution in [3.8, 4) is 11.5 Å². The van der Waals surface area contributed by atoms with Gasteiger partial charge in [-0.3, -0.25) is 9.55 Å². The molecule has 7 heteroatoms. The van der Waals surface area contributed by atoms with Gasteiger partial charge in [0.25, 0.3) is 10.1 Å². The average molecular weight is 343 g/mol. The van der Waals surface area contributed by atoms with E-state index in [2.05, 4.69) is 4.99 Å². The zero-order chi connectivity index (χ0) is 17.3. The van der Waals surface area contributed by atoms with Crippen molar-refractivity contribution >= 4 is 32.8 Å². The Labute approximate surface area is 138 Å². The van der Waals surface area contributed by atoms with Crippen molar-refractivity contribution in [2.75, 3.05) is 0 Å². The minimum absolute atomic E-state index is 0.0145. The molecule has 0 radical (unpaired) electrons. The number of benzene rings is 3. The molecular weight excluding hydrogens is 330 g/mol. The van der Waals surface area contributed by atoms with Gasteiger partial charge in [-0.05, 0) is 35.7 Å². The predicted octanol–water partition coefficient (Wildman–Crippen LogP) is 3.25. The van der Waals surface area contributed by atoms with E-state index in [1.54, 1.807) is 30.3 Å². The highest BCUT2D eigenvalue weighted by molar-refractivity contribution is 7.85. The molecule has 6 nitrogen and oxygen atoms in total. The molecule has 24 heavy (non-hydrogen) atoms. The second-order valence-electron chi connectivity index (χ2n) is 5.11. The number of phenolic OH excluding ortho intramolecular Hbond substituents is 2. The molecule has 0 aromatic heterocycles. The Hall–Kier alpha value is -2.90. The molecule has 3 N–H and O–H groups in total. The third-order valence-electron chi connectivity index (χ3n) is 3.48. The van der Waals surface area contributed by atoms with Gasteiger partial charge in [0.05, 0.1) is 10.6 Å². The first-order valence-electron chi connectivity index (χ1n) is 6.91. The monoisotopic (exact) mass is 343 g/mol. The zero-order valence-corrected chi connectivity index (χ0v) is 13.1. The molecule has 0 unspecified atom stereocenters. The van der Waals surface area contributed by atoms with Crippen LogP contribution in [0.5, 0.6) is 11.5 Å². The molecule has 122 valence electrons. The molecule has 0 bridgehead atoms. The summed E-state index contributed by atoms with van der Waals surface area (Å²) >= 11 is 0. The van der Waals surface area contributed by atoms with Crippen LogP contribution in [-0.2, 0) is 10.1 Å². The summed E-state index contributed by atoms with van der Waals surface area (Å²) in [6.07, 6.45) is 1.35. The number of aromatic hydroxyl groups is 2. The molecule has 3 rings (SSSR count). The first kappa shape index (κ1) is 16.0. The lowest BCUT2D eigenvalue weighted by Crippen LogP contribution is -1.98. The normalized spacial score (nSPS) is 12.0. The van der Waals surface area contributed by atoms with E-state index in [1.165, 1.54) is 24.4 Å². The number of hydrogen-bond acceptors (Lipinski definition) is 5. The first-order chi connectivity index (χ1) is 11.4. The lowest BCUT2D eigenvalue weighted by molar-refractivity contribution is 0.474. The van der Waals surface area contributed by atoms with Crippen LogP contribution < -0.4 is 0 Å². The summed E-state index contributed by atoms with van der Waals surface area (Å²) in [4.78, 5) is 3.85. The Kier molecular flexibility index (Phi) is 3.96. The summed E-state index contributed by atoms with van der Waals surface area (Å²) in [5.41, 5.74) is 0.583. The van der Waals surface area contributed by atoms with Gasteiger partial charge < -0.3 is 10.2 Å². The fourth-order valence-corrected chi connectivity index (χ4v) is 2.88. The van der Waals surface area contributed by atoms with E-state index in [0.29, 0.717) is 16.3 Å². The average Bonchev–Trinajstić information content (AvgIpc) is 2.53. The minimum atomic E-state index is -4.43. The van der Waals surface area contributed by atoms with E-state index in [9.17, 15) is 23.2 Å². The fraction of sp³-hybridized carbons (Fsp3) is 0. The number of hydrogen-bond donors (Lipinski definition) is 3. The van der Waals surface area contributed by atoms with E-state index in [1.807, 2.05) is 0 Å². The Morgan fingerprint density at radius 3 is 2.33 bits per heavy atom. The molecule has 0 aliphatic rings. The molecule has 0 amide bonds. The Morgan fingerprint density at radius 1 is 0.917 bits per heavy atom. The van der Waals surface area contributed by atoms with Gasteiger partial charge in [0.1, 0.15) is 11.5 Å². The number of rotatable bonds is 3. The van der Waals surface area contributed by atoms with Gasteiger partial charge in [0.15, 0.2) is 0 Å². The summed E-state index contributed by atoms with van der Waals surface area (Å²) in [6.45, 7) is 0. The number of aliphatic imine (C=N–C) groups is 1. The van der Waals surface area contributed by atoms with Crippen molar-refractivity contribution in [2.45, 2.75) is 4.90 Å². The zero-order valence-electron chi connectivity index (χ0n) is 12.3. The maximum Gasteiger partial charge on any atom is 0.294 e. The van der Waals surface area contributed by atoms with Crippen LogP contribution in [-0.4, -0.2) is 29.4 Å². The van der Waals surface area contributed by atoms with Crippen molar-refractivity contribution in [3.05, 3.63) is 60.2 Å².